The molecule has 0 saturated heterocycles. The Morgan fingerprint density at radius 2 is 2.25 bits per heavy atom. The molecule has 3 N–H and O–H groups in total. The van der Waals surface area contributed by atoms with E-state index in [4.69, 9.17) is 10.2 Å². The number of nitrogens with one attached hydrogen (secondary N) is 1. The van der Waals surface area contributed by atoms with E-state index >= 15 is 0 Å². The van der Waals surface area contributed by atoms with E-state index in [0.29, 0.717) is 4.88 Å². The molecule has 0 aliphatic heterocycles. The van der Waals surface area contributed by atoms with Crippen LogP contribution in [-0.2, 0) is 11.8 Å². The number of rotatable bonds is 5. The number of aryl methyl sites for hydroxylation is 2. The standard InChI is InChI=1S/C12H15N3O4S/c1-6-7-5-9(20-11(7)15(2)14-6)10(17)13-8(3-4-16)12(18)19/h5,8,16H,3-4H2,1-2H3,(H,13,17)(H,18,19)/t8-/m1/s1. The summed E-state index contributed by atoms with van der Waals surface area (Å²) >= 11 is 1.26. The topological polar surface area (TPSA) is 104 Å². The lowest BCUT2D eigenvalue weighted by atomic mass is 10.2. The summed E-state index contributed by atoms with van der Waals surface area (Å²) in [4.78, 5) is 24.3. The van der Waals surface area contributed by atoms with E-state index in [2.05, 4.69) is 10.4 Å². The monoisotopic (exact) mass is 297 g/mol. The lowest BCUT2D eigenvalue weighted by molar-refractivity contribution is -0.139. The number of carbonyl (C=O) groups is 2. The van der Waals surface area contributed by atoms with Gasteiger partial charge in [-0.15, -0.1) is 11.3 Å². The number of aliphatic hydroxyl groups is 1. The van der Waals surface area contributed by atoms with Crippen LogP contribution in [0.3, 0.4) is 0 Å². The molecule has 0 bridgehead atoms. The fourth-order valence-corrected chi connectivity index (χ4v) is 2.96. The zero-order valence-corrected chi connectivity index (χ0v) is 11.9. The van der Waals surface area contributed by atoms with Crippen LogP contribution in [0.5, 0.6) is 0 Å². The molecule has 0 unspecified atom stereocenters. The maximum absolute atomic E-state index is 12.0. The number of aromatic nitrogens is 2. The third-order valence-corrected chi connectivity index (χ3v) is 4.14. The highest BCUT2D eigenvalue weighted by Crippen LogP contribution is 2.27. The maximum Gasteiger partial charge on any atom is 0.326 e. The molecule has 2 aromatic rings. The normalized spacial score (nSPS) is 12.6. The zero-order chi connectivity index (χ0) is 14.9. The van der Waals surface area contributed by atoms with Crippen LogP contribution in [0.25, 0.3) is 10.2 Å². The molecule has 20 heavy (non-hydrogen) atoms. The number of carboxylic acid groups (broad SMARTS) is 1. The second-order valence-electron chi connectivity index (χ2n) is 4.42. The van der Waals surface area contributed by atoms with Gasteiger partial charge in [-0.1, -0.05) is 0 Å². The first-order valence-corrected chi connectivity index (χ1v) is 6.83. The largest absolute Gasteiger partial charge is 0.480 e. The number of fused-ring (bicyclic) bond motifs is 1. The van der Waals surface area contributed by atoms with E-state index in [1.54, 1.807) is 17.8 Å². The van der Waals surface area contributed by atoms with Crippen molar-refractivity contribution in [1.82, 2.24) is 15.1 Å². The van der Waals surface area contributed by atoms with Gasteiger partial charge in [0.25, 0.3) is 5.91 Å². The zero-order valence-electron chi connectivity index (χ0n) is 11.1. The highest BCUT2D eigenvalue weighted by Gasteiger charge is 2.22. The van der Waals surface area contributed by atoms with E-state index in [0.717, 1.165) is 15.9 Å². The van der Waals surface area contributed by atoms with Crippen molar-refractivity contribution in [2.45, 2.75) is 19.4 Å². The summed E-state index contributed by atoms with van der Waals surface area (Å²) in [7, 11) is 1.79. The van der Waals surface area contributed by atoms with Crippen LogP contribution in [0.1, 0.15) is 21.8 Å². The Morgan fingerprint density at radius 1 is 1.55 bits per heavy atom. The van der Waals surface area contributed by atoms with E-state index < -0.39 is 17.9 Å². The first-order chi connectivity index (χ1) is 9.43. The van der Waals surface area contributed by atoms with Gasteiger partial charge in [-0.25, -0.2) is 4.79 Å². The van der Waals surface area contributed by atoms with Crippen LogP contribution >= 0.6 is 11.3 Å². The second kappa shape index (κ2) is 5.59. The van der Waals surface area contributed by atoms with E-state index in [9.17, 15) is 9.59 Å². The predicted octanol–water partition coefficient (Wildman–Crippen LogP) is 0.509. The molecule has 0 fully saturated rings. The van der Waals surface area contributed by atoms with Crippen molar-refractivity contribution >= 4 is 33.4 Å². The molecular formula is C12H15N3O4S. The van der Waals surface area contributed by atoms with Crippen LogP contribution in [0.15, 0.2) is 6.07 Å². The summed E-state index contributed by atoms with van der Waals surface area (Å²) in [6, 6.07) is 0.618. The van der Waals surface area contributed by atoms with E-state index in [1.807, 2.05) is 6.92 Å². The fraction of sp³-hybridized carbons (Fsp3) is 0.417. The van der Waals surface area contributed by atoms with Gasteiger partial charge in [0.1, 0.15) is 10.9 Å². The van der Waals surface area contributed by atoms with Crippen molar-refractivity contribution in [2.24, 2.45) is 7.05 Å². The van der Waals surface area contributed by atoms with Crippen molar-refractivity contribution in [3.63, 3.8) is 0 Å². The van der Waals surface area contributed by atoms with Gasteiger partial charge in [-0.3, -0.25) is 9.48 Å². The van der Waals surface area contributed by atoms with Gasteiger partial charge in [0.05, 0.1) is 10.6 Å². The summed E-state index contributed by atoms with van der Waals surface area (Å²) in [5, 5.41) is 25.3. The van der Waals surface area contributed by atoms with Crippen LogP contribution in [0.4, 0.5) is 0 Å². The van der Waals surface area contributed by atoms with Crippen LogP contribution in [0, 0.1) is 6.92 Å². The number of aliphatic carboxylic acids is 1. The Morgan fingerprint density at radius 3 is 2.80 bits per heavy atom. The Balaban J connectivity index is 2.22. The summed E-state index contributed by atoms with van der Waals surface area (Å²) in [6.07, 6.45) is -0.0213. The predicted molar refractivity (Wildman–Crippen MR) is 73.9 cm³/mol. The minimum atomic E-state index is -1.16. The van der Waals surface area contributed by atoms with Gasteiger partial charge < -0.3 is 15.5 Å². The molecule has 0 aliphatic carbocycles. The molecule has 0 saturated carbocycles. The molecule has 108 valence electrons. The molecule has 0 aliphatic rings. The van der Waals surface area contributed by atoms with Gasteiger partial charge >= 0.3 is 5.97 Å². The Kier molecular flexibility index (Phi) is 4.05. The average molecular weight is 297 g/mol. The second-order valence-corrected chi connectivity index (χ2v) is 5.45. The van der Waals surface area contributed by atoms with Gasteiger partial charge in [0.15, 0.2) is 0 Å². The van der Waals surface area contributed by atoms with Crippen molar-refractivity contribution in [3.05, 3.63) is 16.6 Å². The van der Waals surface area contributed by atoms with Crippen LogP contribution in [0.2, 0.25) is 0 Å². The molecule has 0 aromatic carbocycles. The number of hydrogen-bond donors (Lipinski definition) is 3. The Bertz CT molecular complexity index is 626. The average Bonchev–Trinajstić information content (AvgIpc) is 2.91. The van der Waals surface area contributed by atoms with Gasteiger partial charge in [-0.05, 0) is 13.0 Å². The smallest absolute Gasteiger partial charge is 0.326 e. The summed E-state index contributed by atoms with van der Waals surface area (Å²) in [5.41, 5.74) is 0.822. The minimum absolute atomic E-state index is 0.0213. The van der Waals surface area contributed by atoms with Gasteiger partial charge in [0, 0.05) is 25.5 Å². The molecule has 0 radical (unpaired) electrons. The molecule has 1 atom stereocenters. The summed E-state index contributed by atoms with van der Waals surface area (Å²) in [6.45, 7) is 1.55. The number of carbonyl (C=O) groups excluding carboxylic acids is 1. The first-order valence-electron chi connectivity index (χ1n) is 6.01. The third kappa shape index (κ3) is 2.66. The Labute approximate surface area is 118 Å². The molecule has 0 spiro atoms. The van der Waals surface area contributed by atoms with E-state index in [-0.39, 0.29) is 13.0 Å². The highest BCUT2D eigenvalue weighted by atomic mass is 32.1. The van der Waals surface area contributed by atoms with E-state index in [1.165, 1.54) is 11.3 Å². The quantitative estimate of drug-likeness (QED) is 0.746. The lowest BCUT2D eigenvalue weighted by Gasteiger charge is -2.12. The van der Waals surface area contributed by atoms with Crippen molar-refractivity contribution in [1.29, 1.82) is 0 Å². The number of amides is 1. The SMILES string of the molecule is Cc1nn(C)c2sc(C(=O)N[C@H](CCO)C(=O)O)cc12. The molecule has 2 rings (SSSR count). The fourth-order valence-electron chi connectivity index (χ4n) is 1.93. The molecule has 1 amide bonds. The maximum atomic E-state index is 12.0. The molecular weight excluding hydrogens is 282 g/mol. The number of thiophene rings is 1. The minimum Gasteiger partial charge on any atom is -0.480 e. The van der Waals surface area contributed by atoms with Crippen LogP contribution in [-0.4, -0.2) is 44.5 Å². The molecule has 7 nitrogen and oxygen atoms in total. The third-order valence-electron chi connectivity index (χ3n) is 2.94. The highest BCUT2D eigenvalue weighted by molar-refractivity contribution is 7.20. The van der Waals surface area contributed by atoms with Crippen molar-refractivity contribution in [3.8, 4) is 0 Å². The number of aliphatic hydroxyl groups excluding tert-OH is 1. The molecule has 2 heterocycles. The van der Waals surface area contributed by atoms with Crippen molar-refractivity contribution in [2.75, 3.05) is 6.61 Å². The Hall–Kier alpha value is -1.93. The molecule has 2 aromatic heterocycles. The summed E-state index contributed by atoms with van der Waals surface area (Å²) in [5.74, 6) is -1.61. The van der Waals surface area contributed by atoms with Gasteiger partial charge in [-0.2, -0.15) is 5.10 Å². The summed E-state index contributed by atoms with van der Waals surface area (Å²) < 4.78 is 1.69. The van der Waals surface area contributed by atoms with Crippen molar-refractivity contribution < 1.29 is 19.8 Å². The van der Waals surface area contributed by atoms with Gasteiger partial charge in [0.2, 0.25) is 0 Å². The molecule has 8 heteroatoms. The number of nitrogens with zero attached hydrogens (tertiary/aromatic N) is 2. The first kappa shape index (κ1) is 14.5. The lowest BCUT2D eigenvalue weighted by Crippen LogP contribution is -2.41. The number of hydrogen-bond acceptors (Lipinski definition) is 5. The number of carboxylic acids is 1. The van der Waals surface area contributed by atoms with Crippen LogP contribution < -0.4 is 5.32 Å².